The number of nitrogens with zero attached hydrogens (tertiary/aromatic N) is 4. The van der Waals surface area contributed by atoms with Crippen molar-refractivity contribution in [2.75, 3.05) is 16.8 Å². The van der Waals surface area contributed by atoms with Gasteiger partial charge in [0, 0.05) is 0 Å². The number of carbonyl (C=O) groups excluding carboxylic acids is 1. The average molecular weight is 418 g/mol. The molecule has 2 aromatic carbocycles. The predicted octanol–water partition coefficient (Wildman–Crippen LogP) is 4.68. The van der Waals surface area contributed by atoms with Gasteiger partial charge in [0.15, 0.2) is 0 Å². The summed E-state index contributed by atoms with van der Waals surface area (Å²) in [5, 5.41) is 3.34. The van der Waals surface area contributed by atoms with Gasteiger partial charge in [-0.15, -0.1) is 0 Å². The number of aryl methyl sites for hydroxylation is 1. The minimum atomic E-state index is -0.412. The fraction of sp³-hybridized carbons (Fsp3) is 0.333. The maximum Gasteiger partial charge on any atom is 0.417 e. The molecule has 7 heteroatoms. The number of aromatic nitrogens is 3. The van der Waals surface area contributed by atoms with Crippen molar-refractivity contribution in [3.63, 3.8) is 0 Å². The third-order valence-corrected chi connectivity index (χ3v) is 5.46. The Bertz CT molecular complexity index is 1040. The van der Waals surface area contributed by atoms with E-state index in [1.54, 1.807) is 6.92 Å². The molecular formula is C24H27N5O2. The number of rotatable bonds is 7. The van der Waals surface area contributed by atoms with E-state index >= 15 is 0 Å². The molecule has 7 nitrogen and oxygen atoms in total. The second-order valence-corrected chi connectivity index (χ2v) is 7.79. The number of hydrogen-bond donors (Lipinski definition) is 1. The zero-order valence-electron chi connectivity index (χ0n) is 18.1. The lowest BCUT2D eigenvalue weighted by Crippen LogP contribution is -2.34. The highest BCUT2D eigenvalue weighted by Crippen LogP contribution is 2.24. The van der Waals surface area contributed by atoms with Crippen LogP contribution in [0.15, 0.2) is 54.6 Å². The Labute approximate surface area is 182 Å². The molecular weight excluding hydrogens is 390 g/mol. The third kappa shape index (κ3) is 4.82. The molecule has 0 saturated carbocycles. The summed E-state index contributed by atoms with van der Waals surface area (Å²) in [6.45, 7) is 6.22. The molecule has 1 N–H and O–H groups in total. The number of carbonyl (C=O) groups is 1. The van der Waals surface area contributed by atoms with Gasteiger partial charge in [0.05, 0.1) is 12.1 Å². The lowest BCUT2D eigenvalue weighted by atomic mass is 10.0. The number of amides is 1. The Kier molecular flexibility index (Phi) is 6.11. The summed E-state index contributed by atoms with van der Waals surface area (Å²) in [6, 6.07) is 18.9. The van der Waals surface area contributed by atoms with Crippen LogP contribution >= 0.6 is 0 Å². The Morgan fingerprint density at radius 3 is 2.48 bits per heavy atom. The molecule has 31 heavy (non-hydrogen) atoms. The van der Waals surface area contributed by atoms with Crippen LogP contribution in [0.5, 0.6) is 0 Å². The first-order chi connectivity index (χ1) is 15.0. The number of benzene rings is 2. The normalized spacial score (nSPS) is 16.8. The highest BCUT2D eigenvalue weighted by Gasteiger charge is 2.35. The van der Waals surface area contributed by atoms with Crippen LogP contribution in [0, 0.1) is 6.92 Å². The van der Waals surface area contributed by atoms with E-state index in [0.29, 0.717) is 24.3 Å². The smallest absolute Gasteiger partial charge is 0.417 e. The lowest BCUT2D eigenvalue weighted by molar-refractivity contribution is 0.178. The van der Waals surface area contributed by atoms with Crippen molar-refractivity contribution in [2.45, 2.75) is 45.7 Å². The summed E-state index contributed by atoms with van der Waals surface area (Å²) in [5.74, 6) is 1.32. The van der Waals surface area contributed by atoms with E-state index in [0.717, 1.165) is 18.4 Å². The molecule has 0 spiro atoms. The largest absolute Gasteiger partial charge is 0.447 e. The number of nitrogens with one attached hydrogen (secondary N) is 1. The molecule has 3 aromatic rings. The Hall–Kier alpha value is -3.48. The van der Waals surface area contributed by atoms with Gasteiger partial charge in [0.1, 0.15) is 12.4 Å². The molecule has 0 aliphatic carbocycles. The van der Waals surface area contributed by atoms with Gasteiger partial charge < -0.3 is 10.1 Å². The van der Waals surface area contributed by atoms with Gasteiger partial charge in [-0.05, 0) is 43.4 Å². The predicted molar refractivity (Wildman–Crippen MR) is 120 cm³/mol. The first kappa shape index (κ1) is 20.8. The summed E-state index contributed by atoms with van der Waals surface area (Å²) >= 11 is 0. The van der Waals surface area contributed by atoms with Crippen LogP contribution in [-0.4, -0.2) is 33.7 Å². The van der Waals surface area contributed by atoms with E-state index in [1.807, 2.05) is 13.0 Å². The van der Waals surface area contributed by atoms with Crippen LogP contribution in [0.25, 0.3) is 0 Å². The maximum absolute atomic E-state index is 12.2. The topological polar surface area (TPSA) is 80.2 Å². The fourth-order valence-electron chi connectivity index (χ4n) is 3.68. The van der Waals surface area contributed by atoms with Gasteiger partial charge in [0.2, 0.25) is 11.9 Å². The highest BCUT2D eigenvalue weighted by molar-refractivity contribution is 5.88. The second kappa shape index (κ2) is 9.12. The van der Waals surface area contributed by atoms with E-state index < -0.39 is 6.09 Å². The first-order valence-electron chi connectivity index (χ1n) is 10.6. The molecule has 4 rings (SSSR count). The summed E-state index contributed by atoms with van der Waals surface area (Å²) < 4.78 is 5.17. The van der Waals surface area contributed by atoms with Crippen LogP contribution in [-0.2, 0) is 11.2 Å². The molecule has 1 aromatic heterocycles. The van der Waals surface area contributed by atoms with Crippen LogP contribution < -0.4 is 10.2 Å². The zero-order valence-corrected chi connectivity index (χ0v) is 18.1. The molecule has 0 radical (unpaired) electrons. The third-order valence-electron chi connectivity index (χ3n) is 5.46. The highest BCUT2D eigenvalue weighted by atomic mass is 16.6. The van der Waals surface area contributed by atoms with Crippen molar-refractivity contribution in [3.05, 3.63) is 77.1 Å². The second-order valence-electron chi connectivity index (χ2n) is 7.79. The minimum absolute atomic E-state index is 0.00655. The van der Waals surface area contributed by atoms with Crippen molar-refractivity contribution in [1.82, 2.24) is 15.0 Å². The Morgan fingerprint density at radius 1 is 1.06 bits per heavy atom. The van der Waals surface area contributed by atoms with Gasteiger partial charge >= 0.3 is 6.09 Å². The van der Waals surface area contributed by atoms with Gasteiger partial charge in [-0.25, -0.2) is 9.69 Å². The SMILES string of the molecule is CC[C@H]1COC(=O)N1c1nc(C)nc(N[C@@H](C)c2ccc(Cc3ccccc3)cc2)n1. The van der Waals surface area contributed by atoms with Crippen LogP contribution in [0.2, 0.25) is 0 Å². The summed E-state index contributed by atoms with van der Waals surface area (Å²) in [7, 11) is 0. The van der Waals surface area contributed by atoms with E-state index in [9.17, 15) is 4.79 Å². The molecule has 0 bridgehead atoms. The molecule has 0 unspecified atom stereocenters. The van der Waals surface area contributed by atoms with Crippen molar-refractivity contribution in [3.8, 4) is 0 Å². The summed E-state index contributed by atoms with van der Waals surface area (Å²) in [4.78, 5) is 26.9. The molecule has 1 aliphatic rings. The van der Waals surface area contributed by atoms with Crippen molar-refractivity contribution in [2.24, 2.45) is 0 Å². The minimum Gasteiger partial charge on any atom is -0.447 e. The van der Waals surface area contributed by atoms with E-state index in [4.69, 9.17) is 4.74 Å². The van der Waals surface area contributed by atoms with Gasteiger partial charge in [0.25, 0.3) is 0 Å². The molecule has 160 valence electrons. The standard InChI is InChI=1S/C24H27N5O2/c1-4-21-15-31-24(30)29(21)23-27-17(3)26-22(28-23)25-16(2)20-12-10-19(11-13-20)14-18-8-6-5-7-9-18/h5-13,16,21H,4,14-15H2,1-3H3,(H,25,26,27,28)/t16-,21-/m0/s1. The van der Waals surface area contributed by atoms with Crippen molar-refractivity contribution >= 4 is 18.0 Å². The van der Waals surface area contributed by atoms with Crippen molar-refractivity contribution in [1.29, 1.82) is 0 Å². The van der Waals surface area contributed by atoms with E-state index in [-0.39, 0.29) is 12.1 Å². The monoisotopic (exact) mass is 417 g/mol. The molecule has 2 atom stereocenters. The van der Waals surface area contributed by atoms with Crippen LogP contribution in [0.1, 0.15) is 48.8 Å². The summed E-state index contributed by atoms with van der Waals surface area (Å²) in [6.07, 6.45) is 1.26. The average Bonchev–Trinajstić information content (AvgIpc) is 3.15. The Balaban J connectivity index is 1.47. The van der Waals surface area contributed by atoms with E-state index in [1.165, 1.54) is 16.0 Å². The first-order valence-corrected chi connectivity index (χ1v) is 10.6. The lowest BCUT2D eigenvalue weighted by Gasteiger charge is -2.20. The summed E-state index contributed by atoms with van der Waals surface area (Å²) in [5.41, 5.74) is 3.68. The van der Waals surface area contributed by atoms with Gasteiger partial charge in [-0.1, -0.05) is 61.5 Å². The van der Waals surface area contributed by atoms with E-state index in [2.05, 4.69) is 75.7 Å². The number of hydrogen-bond acceptors (Lipinski definition) is 6. The van der Waals surface area contributed by atoms with Crippen molar-refractivity contribution < 1.29 is 9.53 Å². The van der Waals surface area contributed by atoms with Gasteiger partial charge in [-0.3, -0.25) is 0 Å². The quantitative estimate of drug-likeness (QED) is 0.601. The fourth-order valence-corrected chi connectivity index (χ4v) is 3.68. The van der Waals surface area contributed by atoms with Gasteiger partial charge in [-0.2, -0.15) is 15.0 Å². The molecule has 1 aliphatic heterocycles. The Morgan fingerprint density at radius 2 is 1.77 bits per heavy atom. The molecule has 1 saturated heterocycles. The number of ether oxygens (including phenoxy) is 1. The molecule has 2 heterocycles. The number of anilines is 2. The van der Waals surface area contributed by atoms with Crippen LogP contribution in [0.3, 0.4) is 0 Å². The van der Waals surface area contributed by atoms with Crippen LogP contribution in [0.4, 0.5) is 16.7 Å². The number of cyclic esters (lactones) is 1. The zero-order chi connectivity index (χ0) is 21.8. The molecule has 1 fully saturated rings. The molecule has 1 amide bonds. The maximum atomic E-state index is 12.2.